The normalized spacial score (nSPS) is 17.4. The third-order valence-electron chi connectivity index (χ3n) is 5.80. The number of nitrogens with zero attached hydrogens (tertiary/aromatic N) is 3. The van der Waals surface area contributed by atoms with Crippen LogP contribution in [0.2, 0.25) is 0 Å². The molecule has 0 aliphatic carbocycles. The van der Waals surface area contributed by atoms with E-state index in [9.17, 15) is 9.59 Å². The molecule has 0 saturated carbocycles. The highest BCUT2D eigenvalue weighted by Crippen LogP contribution is 2.39. The van der Waals surface area contributed by atoms with E-state index in [1.807, 2.05) is 62.1 Å². The number of hydrogen-bond acceptors (Lipinski definition) is 6. The molecule has 1 fully saturated rings. The third kappa shape index (κ3) is 4.59. The summed E-state index contributed by atoms with van der Waals surface area (Å²) in [6, 6.07) is 14.6. The molecule has 0 radical (unpaired) electrons. The number of ether oxygens (including phenoxy) is 2. The minimum atomic E-state index is -0.335. The zero-order valence-corrected chi connectivity index (χ0v) is 19.7. The molecular weight excluding hydrogens is 418 g/mol. The molecule has 0 atom stereocenters. The zero-order valence-electron chi connectivity index (χ0n) is 19.7. The van der Waals surface area contributed by atoms with Crippen molar-refractivity contribution in [1.82, 2.24) is 9.80 Å². The minimum absolute atomic E-state index is 0.0883. The molecule has 4 rings (SSSR count). The molecule has 7 nitrogen and oxygen atoms in total. The van der Waals surface area contributed by atoms with Crippen molar-refractivity contribution in [1.29, 1.82) is 0 Å². The second-order valence-corrected chi connectivity index (χ2v) is 8.55. The molecule has 2 heterocycles. The number of anilines is 1. The largest absolute Gasteiger partial charge is 0.494 e. The Balaban J connectivity index is 1.78. The Hall–Kier alpha value is -3.32. The summed E-state index contributed by atoms with van der Waals surface area (Å²) in [5, 5.41) is 0. The summed E-state index contributed by atoms with van der Waals surface area (Å²) in [4.78, 5) is 33.1. The maximum absolute atomic E-state index is 13.8. The fraction of sp³-hybridized carbons (Fsp3) is 0.385. The molecule has 33 heavy (non-hydrogen) atoms. The summed E-state index contributed by atoms with van der Waals surface area (Å²) in [5.41, 5.74) is 2.05. The van der Waals surface area contributed by atoms with Gasteiger partial charge in [0.25, 0.3) is 11.8 Å². The van der Waals surface area contributed by atoms with Gasteiger partial charge >= 0.3 is 0 Å². The van der Waals surface area contributed by atoms with Gasteiger partial charge in [0.2, 0.25) is 0 Å². The number of likely N-dealkylation sites (N-methyl/N-ethyl adjacent to an activating group) is 1. The Morgan fingerprint density at radius 1 is 0.909 bits per heavy atom. The van der Waals surface area contributed by atoms with E-state index in [0.717, 1.165) is 18.8 Å². The van der Waals surface area contributed by atoms with Gasteiger partial charge < -0.3 is 19.3 Å². The quantitative estimate of drug-likeness (QED) is 0.604. The molecule has 0 spiro atoms. The van der Waals surface area contributed by atoms with E-state index in [1.54, 1.807) is 12.1 Å². The van der Waals surface area contributed by atoms with Crippen LogP contribution in [0.1, 0.15) is 26.3 Å². The van der Waals surface area contributed by atoms with Crippen LogP contribution in [0.15, 0.2) is 54.2 Å². The highest BCUT2D eigenvalue weighted by atomic mass is 16.5. The zero-order chi connectivity index (χ0) is 23.5. The Kier molecular flexibility index (Phi) is 6.70. The average molecular weight is 450 g/mol. The lowest BCUT2D eigenvalue weighted by Crippen LogP contribution is -2.46. The molecule has 174 valence electrons. The number of para-hydroxylation sites is 2. The Morgan fingerprint density at radius 2 is 1.58 bits per heavy atom. The predicted molar refractivity (Wildman–Crippen MR) is 128 cm³/mol. The fourth-order valence-electron chi connectivity index (χ4n) is 4.20. The van der Waals surface area contributed by atoms with Crippen LogP contribution in [0.4, 0.5) is 5.69 Å². The molecule has 0 bridgehead atoms. The first kappa shape index (κ1) is 22.9. The van der Waals surface area contributed by atoms with Crippen LogP contribution in [0.5, 0.6) is 11.5 Å². The van der Waals surface area contributed by atoms with Crippen LogP contribution in [0.3, 0.4) is 0 Å². The van der Waals surface area contributed by atoms with Gasteiger partial charge in [-0.25, -0.2) is 4.90 Å². The molecular formula is C26H31N3O4. The van der Waals surface area contributed by atoms with Gasteiger partial charge in [-0.2, -0.15) is 0 Å². The van der Waals surface area contributed by atoms with Crippen LogP contribution in [0, 0.1) is 0 Å². The highest BCUT2D eigenvalue weighted by molar-refractivity contribution is 6.45. The standard InChI is InChI=1S/C26H31N3O4/c1-5-32-20-12-10-19(11-13-20)23-24(28-16-14-27(4)15-17-28)26(31)29(25(23)30)21-8-6-7-9-22(21)33-18(2)3/h6-13,18H,5,14-17H2,1-4H3. The van der Waals surface area contributed by atoms with Crippen LogP contribution in [-0.4, -0.2) is 67.6 Å². The number of carbonyl (C=O) groups is 2. The Morgan fingerprint density at radius 3 is 2.21 bits per heavy atom. The highest BCUT2D eigenvalue weighted by Gasteiger charge is 2.43. The van der Waals surface area contributed by atoms with Gasteiger partial charge in [-0.05, 0) is 57.6 Å². The van der Waals surface area contributed by atoms with Gasteiger partial charge in [0, 0.05) is 26.2 Å². The molecule has 2 amide bonds. The van der Waals surface area contributed by atoms with E-state index in [-0.39, 0.29) is 17.9 Å². The minimum Gasteiger partial charge on any atom is -0.494 e. The van der Waals surface area contributed by atoms with Crippen LogP contribution >= 0.6 is 0 Å². The third-order valence-corrected chi connectivity index (χ3v) is 5.80. The Labute approximate surface area is 195 Å². The molecule has 1 saturated heterocycles. The first-order chi connectivity index (χ1) is 15.9. The number of piperazine rings is 1. The van der Waals surface area contributed by atoms with Gasteiger partial charge in [-0.1, -0.05) is 24.3 Å². The second kappa shape index (κ2) is 9.67. The van der Waals surface area contributed by atoms with Crippen molar-refractivity contribution < 1.29 is 19.1 Å². The molecule has 0 aromatic heterocycles. The van der Waals surface area contributed by atoms with Gasteiger partial charge in [0.15, 0.2) is 0 Å². The van der Waals surface area contributed by atoms with E-state index in [1.165, 1.54) is 4.90 Å². The number of benzene rings is 2. The van der Waals surface area contributed by atoms with Crippen molar-refractivity contribution in [2.24, 2.45) is 0 Å². The van der Waals surface area contributed by atoms with Gasteiger partial charge in [0.1, 0.15) is 17.2 Å². The summed E-state index contributed by atoms with van der Waals surface area (Å²) in [6.45, 7) is 9.35. The molecule has 0 unspecified atom stereocenters. The monoisotopic (exact) mass is 449 g/mol. The van der Waals surface area contributed by atoms with E-state index < -0.39 is 0 Å². The van der Waals surface area contributed by atoms with E-state index >= 15 is 0 Å². The molecule has 2 aromatic rings. The lowest BCUT2D eigenvalue weighted by molar-refractivity contribution is -0.120. The average Bonchev–Trinajstić information content (AvgIpc) is 3.05. The first-order valence-corrected chi connectivity index (χ1v) is 11.5. The first-order valence-electron chi connectivity index (χ1n) is 11.5. The lowest BCUT2D eigenvalue weighted by Gasteiger charge is -2.34. The molecule has 7 heteroatoms. The van der Waals surface area contributed by atoms with E-state index in [2.05, 4.69) is 11.9 Å². The summed E-state index contributed by atoms with van der Waals surface area (Å²) in [7, 11) is 2.06. The SMILES string of the molecule is CCOc1ccc(C2=C(N3CCN(C)CC3)C(=O)N(c3ccccc3OC(C)C)C2=O)cc1. The predicted octanol–water partition coefficient (Wildman–Crippen LogP) is 3.40. The smallest absolute Gasteiger partial charge is 0.282 e. The lowest BCUT2D eigenvalue weighted by atomic mass is 10.0. The number of rotatable bonds is 7. The second-order valence-electron chi connectivity index (χ2n) is 8.55. The maximum Gasteiger partial charge on any atom is 0.282 e. The fourth-order valence-corrected chi connectivity index (χ4v) is 4.20. The van der Waals surface area contributed by atoms with Crippen molar-refractivity contribution in [3.05, 3.63) is 59.8 Å². The number of imide groups is 1. The van der Waals surface area contributed by atoms with Crippen molar-refractivity contribution in [2.45, 2.75) is 26.9 Å². The van der Waals surface area contributed by atoms with Crippen molar-refractivity contribution >= 4 is 23.1 Å². The van der Waals surface area contributed by atoms with E-state index in [0.29, 0.717) is 48.0 Å². The van der Waals surface area contributed by atoms with Gasteiger partial charge in [-0.3, -0.25) is 9.59 Å². The summed E-state index contributed by atoms with van der Waals surface area (Å²) in [5.74, 6) is 0.596. The van der Waals surface area contributed by atoms with Crippen molar-refractivity contribution in [3.63, 3.8) is 0 Å². The van der Waals surface area contributed by atoms with Gasteiger partial charge in [0.05, 0.1) is 24.0 Å². The Bertz CT molecular complexity index is 1050. The van der Waals surface area contributed by atoms with E-state index in [4.69, 9.17) is 9.47 Å². The molecule has 0 N–H and O–H groups in total. The summed E-state index contributed by atoms with van der Waals surface area (Å²) in [6.07, 6.45) is -0.0883. The number of carbonyl (C=O) groups excluding carboxylic acids is 2. The van der Waals surface area contributed by atoms with Crippen LogP contribution < -0.4 is 14.4 Å². The number of hydrogen-bond donors (Lipinski definition) is 0. The van der Waals surface area contributed by atoms with Gasteiger partial charge in [-0.15, -0.1) is 0 Å². The number of amides is 2. The van der Waals surface area contributed by atoms with Crippen molar-refractivity contribution in [2.75, 3.05) is 44.7 Å². The molecule has 2 aliphatic heterocycles. The molecule has 2 aromatic carbocycles. The van der Waals surface area contributed by atoms with Crippen LogP contribution in [-0.2, 0) is 9.59 Å². The van der Waals surface area contributed by atoms with Crippen LogP contribution in [0.25, 0.3) is 5.57 Å². The summed E-state index contributed by atoms with van der Waals surface area (Å²) >= 11 is 0. The molecule has 2 aliphatic rings. The topological polar surface area (TPSA) is 62.3 Å². The summed E-state index contributed by atoms with van der Waals surface area (Å²) < 4.78 is 11.5. The maximum atomic E-state index is 13.8. The van der Waals surface area contributed by atoms with Crippen molar-refractivity contribution in [3.8, 4) is 11.5 Å².